The molecule has 0 aromatic heterocycles. The first-order valence-corrected chi connectivity index (χ1v) is 7.70. The van der Waals surface area contributed by atoms with Crippen LogP contribution in [0.4, 0.5) is 0 Å². The number of ether oxygens (including phenoxy) is 2. The molecule has 4 heteroatoms. The van der Waals surface area contributed by atoms with Gasteiger partial charge in [0.1, 0.15) is 13.2 Å². The Morgan fingerprint density at radius 3 is 2.78 bits per heavy atom. The van der Waals surface area contributed by atoms with Crippen molar-refractivity contribution in [2.45, 2.75) is 12.8 Å². The van der Waals surface area contributed by atoms with Gasteiger partial charge in [0.2, 0.25) is 0 Å². The topological polar surface area (TPSA) is 55.8 Å². The zero-order valence-corrected chi connectivity index (χ0v) is 12.5. The highest BCUT2D eigenvalue weighted by molar-refractivity contribution is 5.92. The van der Waals surface area contributed by atoms with Gasteiger partial charge in [-0.2, -0.15) is 0 Å². The van der Waals surface area contributed by atoms with E-state index in [-0.39, 0.29) is 0 Å². The van der Waals surface area contributed by atoms with E-state index < -0.39 is 5.97 Å². The Balaban J connectivity index is 1.87. The fraction of sp³-hybridized carbons (Fsp3) is 0.211. The summed E-state index contributed by atoms with van der Waals surface area (Å²) in [4.78, 5) is 11.3. The molecule has 1 aliphatic heterocycles. The molecular formula is C19H16O4. The number of carboxylic acid groups (broad SMARTS) is 1. The molecule has 116 valence electrons. The summed E-state index contributed by atoms with van der Waals surface area (Å²) in [7, 11) is 0. The Bertz CT molecular complexity index is 820. The van der Waals surface area contributed by atoms with Crippen LogP contribution in [0, 0.1) is 0 Å². The van der Waals surface area contributed by atoms with E-state index in [0.717, 1.165) is 41.0 Å². The van der Waals surface area contributed by atoms with Crippen LogP contribution in [0.5, 0.6) is 11.5 Å². The number of aryl methyl sites for hydroxylation is 1. The van der Waals surface area contributed by atoms with Gasteiger partial charge in [0.05, 0.1) is 5.56 Å². The number of carboxylic acids is 1. The van der Waals surface area contributed by atoms with E-state index in [4.69, 9.17) is 9.47 Å². The van der Waals surface area contributed by atoms with Crippen molar-refractivity contribution in [2.75, 3.05) is 13.2 Å². The minimum absolute atomic E-state index is 0.304. The molecule has 0 unspecified atom stereocenters. The van der Waals surface area contributed by atoms with Gasteiger partial charge < -0.3 is 14.6 Å². The predicted octanol–water partition coefficient (Wildman–Crippen LogP) is 3.53. The minimum atomic E-state index is -0.910. The van der Waals surface area contributed by atoms with Crippen LogP contribution in [0.2, 0.25) is 0 Å². The predicted molar refractivity (Wildman–Crippen MR) is 86.2 cm³/mol. The van der Waals surface area contributed by atoms with Gasteiger partial charge >= 0.3 is 5.97 Å². The summed E-state index contributed by atoms with van der Waals surface area (Å²) in [6, 6.07) is 11.2. The molecule has 2 aliphatic rings. The van der Waals surface area contributed by atoms with E-state index in [0.29, 0.717) is 18.8 Å². The number of para-hydroxylation sites is 1. The lowest BCUT2D eigenvalue weighted by Crippen LogP contribution is -2.17. The quantitative estimate of drug-likeness (QED) is 0.922. The van der Waals surface area contributed by atoms with Crippen molar-refractivity contribution < 1.29 is 19.4 Å². The summed E-state index contributed by atoms with van der Waals surface area (Å²) < 4.78 is 11.5. The molecule has 23 heavy (non-hydrogen) atoms. The van der Waals surface area contributed by atoms with E-state index in [9.17, 15) is 9.90 Å². The number of hydrogen-bond donors (Lipinski definition) is 1. The molecule has 0 saturated heterocycles. The van der Waals surface area contributed by atoms with Crippen LogP contribution in [0.25, 0.3) is 5.57 Å². The second kappa shape index (κ2) is 5.47. The fourth-order valence-corrected chi connectivity index (χ4v) is 3.20. The molecule has 2 aromatic rings. The summed E-state index contributed by atoms with van der Waals surface area (Å²) in [5, 5.41) is 9.27. The first-order chi connectivity index (χ1) is 11.2. The van der Waals surface area contributed by atoms with Gasteiger partial charge in [-0.25, -0.2) is 4.79 Å². The third-order valence-electron chi connectivity index (χ3n) is 4.27. The maximum Gasteiger partial charge on any atom is 0.335 e. The van der Waals surface area contributed by atoms with E-state index in [1.54, 1.807) is 12.1 Å². The number of allylic oxidation sites excluding steroid dienone is 1. The number of benzene rings is 2. The normalized spacial score (nSPS) is 15.6. The zero-order valence-electron chi connectivity index (χ0n) is 12.5. The Morgan fingerprint density at radius 1 is 1.04 bits per heavy atom. The van der Waals surface area contributed by atoms with Gasteiger partial charge in [-0.1, -0.05) is 24.3 Å². The summed E-state index contributed by atoms with van der Waals surface area (Å²) in [5.41, 5.74) is 4.43. The Labute approximate surface area is 134 Å². The van der Waals surface area contributed by atoms with E-state index >= 15 is 0 Å². The average molecular weight is 308 g/mol. The smallest absolute Gasteiger partial charge is 0.335 e. The Morgan fingerprint density at radius 2 is 1.91 bits per heavy atom. The van der Waals surface area contributed by atoms with Crippen LogP contribution in [0.1, 0.15) is 33.5 Å². The first-order valence-electron chi connectivity index (χ1n) is 7.70. The molecule has 1 N–H and O–H groups in total. The fourth-order valence-electron chi connectivity index (χ4n) is 3.20. The highest BCUT2D eigenvalue weighted by atomic mass is 16.6. The van der Waals surface area contributed by atoms with Crippen LogP contribution < -0.4 is 9.47 Å². The van der Waals surface area contributed by atoms with Gasteiger partial charge in [-0.05, 0) is 47.7 Å². The number of hydrogen-bond acceptors (Lipinski definition) is 3. The SMILES string of the molecule is O=C(O)c1ccc2c(c1)C(c1cccc3c1OCCO3)=CCC2. The molecule has 0 radical (unpaired) electrons. The molecule has 0 atom stereocenters. The summed E-state index contributed by atoms with van der Waals surface area (Å²) in [6.07, 6.45) is 4.01. The van der Waals surface area contributed by atoms with Crippen molar-refractivity contribution in [1.29, 1.82) is 0 Å². The molecule has 1 aliphatic carbocycles. The van der Waals surface area contributed by atoms with Crippen molar-refractivity contribution >= 4 is 11.5 Å². The summed E-state index contributed by atoms with van der Waals surface area (Å²) >= 11 is 0. The monoisotopic (exact) mass is 308 g/mol. The van der Waals surface area contributed by atoms with Crippen LogP contribution >= 0.6 is 0 Å². The largest absolute Gasteiger partial charge is 0.486 e. The molecular weight excluding hydrogens is 292 g/mol. The number of fused-ring (bicyclic) bond motifs is 2. The number of carbonyl (C=O) groups is 1. The Hall–Kier alpha value is -2.75. The molecule has 0 bridgehead atoms. The van der Waals surface area contributed by atoms with Crippen LogP contribution in [0.15, 0.2) is 42.5 Å². The number of rotatable bonds is 2. The first kappa shape index (κ1) is 13.9. The van der Waals surface area contributed by atoms with Gasteiger partial charge in [-0.3, -0.25) is 0 Å². The van der Waals surface area contributed by atoms with E-state index in [1.165, 1.54) is 5.56 Å². The van der Waals surface area contributed by atoms with Crippen LogP contribution in [-0.4, -0.2) is 24.3 Å². The van der Waals surface area contributed by atoms with Crippen molar-refractivity contribution in [3.63, 3.8) is 0 Å². The third-order valence-corrected chi connectivity index (χ3v) is 4.27. The van der Waals surface area contributed by atoms with Crippen molar-refractivity contribution in [3.8, 4) is 11.5 Å². The molecule has 1 heterocycles. The highest BCUT2D eigenvalue weighted by Crippen LogP contribution is 2.42. The minimum Gasteiger partial charge on any atom is -0.486 e. The third kappa shape index (κ3) is 2.36. The molecule has 0 amide bonds. The second-order valence-electron chi connectivity index (χ2n) is 5.66. The molecule has 0 spiro atoms. The maximum atomic E-state index is 11.3. The number of aromatic carboxylic acids is 1. The van der Waals surface area contributed by atoms with Crippen molar-refractivity contribution in [1.82, 2.24) is 0 Å². The van der Waals surface area contributed by atoms with Crippen molar-refractivity contribution in [3.05, 3.63) is 64.7 Å². The van der Waals surface area contributed by atoms with E-state index in [1.807, 2.05) is 24.3 Å². The van der Waals surface area contributed by atoms with Gasteiger partial charge in [0, 0.05) is 5.56 Å². The second-order valence-corrected chi connectivity index (χ2v) is 5.66. The lowest BCUT2D eigenvalue weighted by atomic mass is 9.85. The summed E-state index contributed by atoms with van der Waals surface area (Å²) in [5.74, 6) is 0.585. The van der Waals surface area contributed by atoms with Crippen molar-refractivity contribution in [2.24, 2.45) is 0 Å². The van der Waals surface area contributed by atoms with E-state index in [2.05, 4.69) is 6.08 Å². The molecule has 0 fully saturated rings. The van der Waals surface area contributed by atoms with Crippen LogP contribution in [-0.2, 0) is 6.42 Å². The summed E-state index contributed by atoms with van der Waals surface area (Å²) in [6.45, 7) is 1.08. The molecule has 0 saturated carbocycles. The average Bonchev–Trinajstić information content (AvgIpc) is 2.60. The highest BCUT2D eigenvalue weighted by Gasteiger charge is 2.22. The molecule has 2 aromatic carbocycles. The lowest BCUT2D eigenvalue weighted by Gasteiger charge is -2.24. The molecule has 4 nitrogen and oxygen atoms in total. The standard InChI is InChI=1S/C19H16O4/c20-19(21)13-8-7-12-3-1-4-14(16(12)11-13)15-5-2-6-17-18(15)23-10-9-22-17/h2,4-8,11H,1,3,9-10H2,(H,20,21). The van der Waals surface area contributed by atoms with Gasteiger partial charge in [0.15, 0.2) is 11.5 Å². The Kier molecular flexibility index (Phi) is 3.30. The maximum absolute atomic E-state index is 11.3. The van der Waals surface area contributed by atoms with Gasteiger partial charge in [-0.15, -0.1) is 0 Å². The lowest BCUT2D eigenvalue weighted by molar-refractivity contribution is 0.0697. The molecule has 4 rings (SSSR count). The zero-order chi connectivity index (χ0) is 15.8. The van der Waals surface area contributed by atoms with Crippen LogP contribution in [0.3, 0.4) is 0 Å². The van der Waals surface area contributed by atoms with Gasteiger partial charge in [0.25, 0.3) is 0 Å².